The van der Waals surface area contributed by atoms with E-state index in [9.17, 15) is 0 Å². The van der Waals surface area contributed by atoms with Gasteiger partial charge in [0.1, 0.15) is 0 Å². The molecular formula is C8H15ClO. The van der Waals surface area contributed by atoms with Gasteiger partial charge in [-0.2, -0.15) is 0 Å². The smallest absolute Gasteiger partial charge is 0.0765 e. The average Bonchev–Trinajstić information content (AvgIpc) is 2.11. The fraction of sp³-hybridized carbons (Fsp3) is 1.00. The largest absolute Gasteiger partial charge is 0.373 e. The lowest BCUT2D eigenvalue weighted by molar-refractivity contribution is 0.0369. The maximum atomic E-state index is 6.08. The van der Waals surface area contributed by atoms with Gasteiger partial charge in [0.15, 0.2) is 0 Å². The number of rotatable bonds is 1. The van der Waals surface area contributed by atoms with Gasteiger partial charge in [-0.3, -0.25) is 0 Å². The fourth-order valence-corrected chi connectivity index (χ4v) is 1.47. The number of hydrogen-bond acceptors (Lipinski definition) is 1. The van der Waals surface area contributed by atoms with Crippen molar-refractivity contribution in [3.63, 3.8) is 0 Å². The second-order valence-electron chi connectivity index (χ2n) is 3.58. The molecule has 0 aromatic rings. The summed E-state index contributed by atoms with van der Waals surface area (Å²) in [5.41, 5.74) is 0. The van der Waals surface area contributed by atoms with E-state index in [4.69, 9.17) is 16.3 Å². The van der Waals surface area contributed by atoms with E-state index in [1.54, 1.807) is 0 Å². The summed E-state index contributed by atoms with van der Waals surface area (Å²) in [4.78, 5) is -0.190. The minimum atomic E-state index is -0.190. The van der Waals surface area contributed by atoms with Crippen LogP contribution in [-0.2, 0) is 4.74 Å². The monoisotopic (exact) mass is 162 g/mol. The Kier molecular flexibility index (Phi) is 2.26. The third-order valence-corrected chi connectivity index (χ3v) is 2.24. The lowest BCUT2D eigenvalue weighted by Gasteiger charge is -2.23. The molecule has 1 heterocycles. The van der Waals surface area contributed by atoms with Crippen LogP contribution in [0.2, 0.25) is 0 Å². The predicted octanol–water partition coefficient (Wildman–Crippen LogP) is 2.57. The summed E-state index contributed by atoms with van der Waals surface area (Å²) < 4.78 is 5.59. The van der Waals surface area contributed by atoms with Crippen LogP contribution in [0.1, 0.15) is 33.6 Å². The summed E-state index contributed by atoms with van der Waals surface area (Å²) in [5.74, 6) is 0. The second kappa shape index (κ2) is 2.71. The van der Waals surface area contributed by atoms with E-state index in [1.807, 2.05) is 13.8 Å². The van der Waals surface area contributed by atoms with Gasteiger partial charge in [0.05, 0.1) is 17.1 Å². The van der Waals surface area contributed by atoms with E-state index >= 15 is 0 Å². The lowest BCUT2D eigenvalue weighted by atomic mass is 10.0. The number of hydrogen-bond donors (Lipinski definition) is 0. The quantitative estimate of drug-likeness (QED) is 0.539. The maximum absolute atomic E-state index is 6.08. The second-order valence-corrected chi connectivity index (χ2v) is 4.55. The molecule has 0 radical (unpaired) electrons. The van der Waals surface area contributed by atoms with Crippen LogP contribution in [0.5, 0.6) is 0 Å². The highest BCUT2D eigenvalue weighted by Crippen LogP contribution is 2.31. The van der Waals surface area contributed by atoms with Gasteiger partial charge in [-0.25, -0.2) is 0 Å². The molecule has 60 valence electrons. The molecule has 1 aliphatic heterocycles. The summed E-state index contributed by atoms with van der Waals surface area (Å²) in [6.07, 6.45) is 2.92. The normalized spacial score (nSPS) is 34.8. The van der Waals surface area contributed by atoms with Gasteiger partial charge in [0, 0.05) is 0 Å². The minimum absolute atomic E-state index is 0.190. The van der Waals surface area contributed by atoms with Crippen LogP contribution < -0.4 is 0 Å². The summed E-state index contributed by atoms with van der Waals surface area (Å²) in [6, 6.07) is 0. The SMILES string of the molecule is C[C@@H]1CC[C@H](C(C)(C)Cl)O1. The summed E-state index contributed by atoms with van der Waals surface area (Å²) in [6.45, 7) is 6.12. The third-order valence-electron chi connectivity index (χ3n) is 2.00. The molecule has 2 heteroatoms. The standard InChI is InChI=1S/C8H15ClO/c1-6-4-5-7(10-6)8(2,3)9/h6-7H,4-5H2,1-3H3/t6-,7-/m1/s1. The first-order chi connectivity index (χ1) is 4.50. The highest BCUT2D eigenvalue weighted by atomic mass is 35.5. The van der Waals surface area contributed by atoms with Crippen LogP contribution >= 0.6 is 11.6 Å². The molecule has 0 aliphatic carbocycles. The Morgan fingerprint density at radius 2 is 2.00 bits per heavy atom. The molecule has 0 unspecified atom stereocenters. The molecule has 1 nitrogen and oxygen atoms in total. The van der Waals surface area contributed by atoms with Crippen molar-refractivity contribution >= 4 is 11.6 Å². The Hall–Kier alpha value is 0.250. The predicted molar refractivity (Wildman–Crippen MR) is 43.5 cm³/mol. The van der Waals surface area contributed by atoms with E-state index in [-0.39, 0.29) is 11.0 Å². The van der Waals surface area contributed by atoms with E-state index in [1.165, 1.54) is 0 Å². The zero-order chi connectivity index (χ0) is 7.78. The minimum Gasteiger partial charge on any atom is -0.373 e. The first-order valence-electron chi connectivity index (χ1n) is 3.84. The zero-order valence-electron chi connectivity index (χ0n) is 6.86. The fourth-order valence-electron chi connectivity index (χ4n) is 1.31. The van der Waals surface area contributed by atoms with Crippen molar-refractivity contribution in [3.05, 3.63) is 0 Å². The molecule has 0 bridgehead atoms. The van der Waals surface area contributed by atoms with Gasteiger partial charge in [0.25, 0.3) is 0 Å². The van der Waals surface area contributed by atoms with E-state index in [0.717, 1.165) is 12.8 Å². The van der Waals surface area contributed by atoms with Crippen molar-refractivity contribution in [1.82, 2.24) is 0 Å². The molecule has 2 atom stereocenters. The Morgan fingerprint density at radius 3 is 2.20 bits per heavy atom. The lowest BCUT2D eigenvalue weighted by Crippen LogP contribution is -2.30. The maximum Gasteiger partial charge on any atom is 0.0765 e. The Labute approximate surface area is 67.7 Å². The Morgan fingerprint density at radius 1 is 1.40 bits per heavy atom. The van der Waals surface area contributed by atoms with Crippen molar-refractivity contribution < 1.29 is 4.74 Å². The van der Waals surface area contributed by atoms with Crippen LogP contribution in [0.15, 0.2) is 0 Å². The van der Waals surface area contributed by atoms with Gasteiger partial charge in [-0.05, 0) is 33.6 Å². The molecule has 0 saturated carbocycles. The number of ether oxygens (including phenoxy) is 1. The van der Waals surface area contributed by atoms with Crippen LogP contribution in [0.4, 0.5) is 0 Å². The Bertz CT molecular complexity index is 117. The third kappa shape index (κ3) is 1.86. The first kappa shape index (κ1) is 8.35. The summed E-state index contributed by atoms with van der Waals surface area (Å²) in [5, 5.41) is 0. The van der Waals surface area contributed by atoms with Gasteiger partial charge in [0.2, 0.25) is 0 Å². The number of alkyl halides is 1. The van der Waals surface area contributed by atoms with E-state index in [0.29, 0.717) is 6.10 Å². The molecule has 10 heavy (non-hydrogen) atoms. The summed E-state index contributed by atoms with van der Waals surface area (Å²) >= 11 is 6.08. The van der Waals surface area contributed by atoms with Crippen LogP contribution in [0.3, 0.4) is 0 Å². The van der Waals surface area contributed by atoms with Gasteiger partial charge in [-0.1, -0.05) is 0 Å². The van der Waals surface area contributed by atoms with Crippen molar-refractivity contribution in [1.29, 1.82) is 0 Å². The van der Waals surface area contributed by atoms with Crippen LogP contribution in [0, 0.1) is 0 Å². The molecule has 0 aromatic carbocycles. The molecule has 1 saturated heterocycles. The molecule has 0 amide bonds. The van der Waals surface area contributed by atoms with Gasteiger partial charge in [-0.15, -0.1) is 11.6 Å². The Balaban J connectivity index is 2.45. The highest BCUT2D eigenvalue weighted by Gasteiger charge is 2.33. The highest BCUT2D eigenvalue weighted by molar-refractivity contribution is 6.23. The molecule has 0 aromatic heterocycles. The van der Waals surface area contributed by atoms with Crippen LogP contribution in [0.25, 0.3) is 0 Å². The molecule has 0 spiro atoms. The molecular weight excluding hydrogens is 148 g/mol. The van der Waals surface area contributed by atoms with Crippen molar-refractivity contribution in [2.45, 2.75) is 50.7 Å². The molecule has 0 N–H and O–H groups in total. The van der Waals surface area contributed by atoms with Crippen molar-refractivity contribution in [2.75, 3.05) is 0 Å². The first-order valence-corrected chi connectivity index (χ1v) is 4.22. The van der Waals surface area contributed by atoms with E-state index in [2.05, 4.69) is 6.92 Å². The van der Waals surface area contributed by atoms with Crippen molar-refractivity contribution in [2.24, 2.45) is 0 Å². The number of halogens is 1. The molecule has 1 fully saturated rings. The average molecular weight is 163 g/mol. The molecule has 1 rings (SSSR count). The van der Waals surface area contributed by atoms with Crippen LogP contribution in [-0.4, -0.2) is 17.1 Å². The molecule has 1 aliphatic rings. The van der Waals surface area contributed by atoms with Gasteiger partial charge >= 0.3 is 0 Å². The van der Waals surface area contributed by atoms with E-state index < -0.39 is 0 Å². The summed E-state index contributed by atoms with van der Waals surface area (Å²) in [7, 11) is 0. The topological polar surface area (TPSA) is 9.23 Å². The van der Waals surface area contributed by atoms with Gasteiger partial charge < -0.3 is 4.74 Å². The zero-order valence-corrected chi connectivity index (χ0v) is 7.61. The van der Waals surface area contributed by atoms with Crippen molar-refractivity contribution in [3.8, 4) is 0 Å².